The van der Waals surface area contributed by atoms with Gasteiger partial charge >= 0.3 is 6.61 Å². The Morgan fingerprint density at radius 2 is 1.84 bits per heavy atom. The number of carbonyl (C=O) groups is 2. The third-order valence-electron chi connectivity index (χ3n) is 5.78. The van der Waals surface area contributed by atoms with E-state index in [-0.39, 0.29) is 35.0 Å². The van der Waals surface area contributed by atoms with Crippen molar-refractivity contribution in [1.29, 1.82) is 5.26 Å². The number of ether oxygens (including phenoxy) is 2. The van der Waals surface area contributed by atoms with Crippen molar-refractivity contribution in [2.75, 3.05) is 18.6 Å². The molecular formula is C25H18F4N4O4. The van der Waals surface area contributed by atoms with Gasteiger partial charge in [0.2, 0.25) is 5.91 Å². The van der Waals surface area contributed by atoms with Crippen LogP contribution in [-0.4, -0.2) is 43.1 Å². The first-order chi connectivity index (χ1) is 17.7. The number of nitrogens with one attached hydrogen (secondary N) is 1. The van der Waals surface area contributed by atoms with Crippen LogP contribution in [0.15, 0.2) is 54.7 Å². The number of carbonyl (C=O) groups excluding carboxylic acids is 2. The Morgan fingerprint density at radius 3 is 2.43 bits per heavy atom. The smallest absolute Gasteiger partial charge is 0.387 e. The average molecular weight is 514 g/mol. The Labute approximate surface area is 208 Å². The van der Waals surface area contributed by atoms with Crippen LogP contribution in [0.25, 0.3) is 0 Å². The first-order valence-corrected chi connectivity index (χ1v) is 10.8. The van der Waals surface area contributed by atoms with Crippen LogP contribution in [0.1, 0.15) is 27.5 Å². The molecule has 2 amide bonds. The van der Waals surface area contributed by atoms with Crippen molar-refractivity contribution in [1.82, 2.24) is 10.3 Å². The van der Waals surface area contributed by atoms with Gasteiger partial charge in [0.25, 0.3) is 5.91 Å². The Bertz CT molecular complexity index is 1350. The van der Waals surface area contributed by atoms with Crippen LogP contribution in [0.3, 0.4) is 0 Å². The minimum Gasteiger partial charge on any atom is -0.497 e. The molecule has 0 aliphatic carbocycles. The molecule has 0 saturated carbocycles. The molecule has 3 aromatic rings. The number of nitrogens with zero attached hydrogens (tertiary/aromatic N) is 3. The van der Waals surface area contributed by atoms with Crippen LogP contribution < -0.4 is 19.7 Å². The zero-order valence-electron chi connectivity index (χ0n) is 19.1. The molecule has 2 heterocycles. The van der Waals surface area contributed by atoms with Gasteiger partial charge in [-0.15, -0.1) is 0 Å². The summed E-state index contributed by atoms with van der Waals surface area (Å²) in [4.78, 5) is 31.4. The standard InChI is InChI=1S/C25H18F4N4O4/c1-36-15-9-17(26)21(18(27)10-15)16-12-33(20-3-2-8-31-19(20)11-30)24(35)22(16)32-23(34)13-4-6-14(7-5-13)37-25(28)29/h2-10,16,22,25H,12H2,1H3,(H,32,34)/t16-,22-/m0/s1. The molecule has 12 heteroatoms. The number of halogens is 4. The predicted molar refractivity (Wildman–Crippen MR) is 121 cm³/mol. The summed E-state index contributed by atoms with van der Waals surface area (Å²) in [7, 11) is 1.24. The van der Waals surface area contributed by atoms with Crippen LogP contribution in [0, 0.1) is 23.0 Å². The zero-order chi connectivity index (χ0) is 26.7. The molecule has 0 bridgehead atoms. The molecule has 1 aromatic heterocycles. The summed E-state index contributed by atoms with van der Waals surface area (Å²) in [6.45, 7) is -3.33. The minimum absolute atomic E-state index is 0.0126. The molecule has 190 valence electrons. The van der Waals surface area contributed by atoms with Crippen molar-refractivity contribution in [3.05, 3.63) is 83.2 Å². The Hall–Kier alpha value is -4.66. The van der Waals surface area contributed by atoms with Gasteiger partial charge in [0.05, 0.1) is 12.8 Å². The summed E-state index contributed by atoms with van der Waals surface area (Å²) in [5.74, 6) is -4.96. The number of benzene rings is 2. The lowest BCUT2D eigenvalue weighted by atomic mass is 9.92. The van der Waals surface area contributed by atoms with Crippen LogP contribution in [0.4, 0.5) is 23.2 Å². The van der Waals surface area contributed by atoms with Gasteiger partial charge in [0.15, 0.2) is 5.69 Å². The summed E-state index contributed by atoms with van der Waals surface area (Å²) < 4.78 is 64.0. The van der Waals surface area contributed by atoms with Gasteiger partial charge in [-0.2, -0.15) is 14.0 Å². The fourth-order valence-corrected chi connectivity index (χ4v) is 4.12. The number of hydrogen-bond acceptors (Lipinski definition) is 6. The van der Waals surface area contributed by atoms with Gasteiger partial charge in [-0.3, -0.25) is 9.59 Å². The number of methoxy groups -OCH3 is 1. The summed E-state index contributed by atoms with van der Waals surface area (Å²) >= 11 is 0. The fourth-order valence-electron chi connectivity index (χ4n) is 4.12. The number of nitriles is 1. The maximum Gasteiger partial charge on any atom is 0.387 e. The number of alkyl halides is 2. The molecule has 0 radical (unpaired) electrons. The van der Waals surface area contributed by atoms with E-state index in [1.54, 1.807) is 0 Å². The molecule has 4 rings (SSSR count). The lowest BCUT2D eigenvalue weighted by molar-refractivity contribution is -0.118. The van der Waals surface area contributed by atoms with E-state index >= 15 is 8.78 Å². The summed E-state index contributed by atoms with van der Waals surface area (Å²) in [6, 6.07) is 9.95. The van der Waals surface area contributed by atoms with Crippen molar-refractivity contribution in [2.45, 2.75) is 18.6 Å². The number of hydrogen-bond donors (Lipinski definition) is 1. The fraction of sp³-hybridized carbons (Fsp3) is 0.200. The van der Waals surface area contributed by atoms with Gasteiger partial charge in [-0.1, -0.05) is 0 Å². The summed E-state index contributed by atoms with van der Waals surface area (Å²) in [6.07, 6.45) is 1.35. The lowest BCUT2D eigenvalue weighted by Crippen LogP contribution is -2.44. The maximum atomic E-state index is 15.0. The van der Waals surface area contributed by atoms with Gasteiger partial charge in [-0.05, 0) is 36.4 Å². The molecule has 1 aliphatic heterocycles. The van der Waals surface area contributed by atoms with E-state index in [1.165, 1.54) is 37.6 Å². The highest BCUT2D eigenvalue weighted by molar-refractivity contribution is 6.05. The van der Waals surface area contributed by atoms with Gasteiger partial charge in [-0.25, -0.2) is 13.8 Å². The Balaban J connectivity index is 1.71. The molecule has 1 N–H and O–H groups in total. The molecule has 2 atom stereocenters. The molecular weight excluding hydrogens is 496 g/mol. The molecule has 1 saturated heterocycles. The third-order valence-corrected chi connectivity index (χ3v) is 5.78. The van der Waals surface area contributed by atoms with Crippen molar-refractivity contribution < 1.29 is 36.6 Å². The van der Waals surface area contributed by atoms with E-state index in [2.05, 4.69) is 15.0 Å². The monoisotopic (exact) mass is 514 g/mol. The van der Waals surface area contributed by atoms with Gasteiger partial charge in [0, 0.05) is 41.9 Å². The zero-order valence-corrected chi connectivity index (χ0v) is 19.1. The minimum atomic E-state index is -3.05. The van der Waals surface area contributed by atoms with E-state index in [1.807, 2.05) is 6.07 Å². The second kappa shape index (κ2) is 10.5. The van der Waals surface area contributed by atoms with Crippen LogP contribution >= 0.6 is 0 Å². The number of pyridine rings is 1. The van der Waals surface area contributed by atoms with Crippen molar-refractivity contribution in [3.63, 3.8) is 0 Å². The highest BCUT2D eigenvalue weighted by Gasteiger charge is 2.45. The first kappa shape index (κ1) is 25.4. The summed E-state index contributed by atoms with van der Waals surface area (Å²) in [5.41, 5.74) is -0.446. The molecule has 0 spiro atoms. The van der Waals surface area contributed by atoms with Crippen LogP contribution in [0.2, 0.25) is 0 Å². The molecule has 8 nitrogen and oxygen atoms in total. The normalized spacial score (nSPS) is 17.0. The number of aromatic nitrogens is 1. The number of anilines is 1. The van der Waals surface area contributed by atoms with Crippen LogP contribution in [0.5, 0.6) is 11.5 Å². The number of amides is 2. The molecule has 1 fully saturated rings. The Kier molecular flexibility index (Phi) is 7.24. The average Bonchev–Trinajstić information content (AvgIpc) is 3.18. The quantitative estimate of drug-likeness (QED) is 0.482. The molecule has 2 aromatic carbocycles. The second-order valence-electron chi connectivity index (χ2n) is 7.90. The largest absolute Gasteiger partial charge is 0.497 e. The molecule has 37 heavy (non-hydrogen) atoms. The lowest BCUT2D eigenvalue weighted by Gasteiger charge is -2.20. The molecule has 0 unspecified atom stereocenters. The second-order valence-corrected chi connectivity index (χ2v) is 7.90. The summed E-state index contributed by atoms with van der Waals surface area (Å²) in [5, 5.41) is 11.9. The predicted octanol–water partition coefficient (Wildman–Crippen LogP) is 3.77. The van der Waals surface area contributed by atoms with Gasteiger partial charge in [0.1, 0.15) is 35.2 Å². The van der Waals surface area contributed by atoms with Crippen molar-refractivity contribution >= 4 is 17.5 Å². The Morgan fingerprint density at radius 1 is 1.16 bits per heavy atom. The maximum absolute atomic E-state index is 15.0. The highest BCUT2D eigenvalue weighted by atomic mass is 19.3. The van der Waals surface area contributed by atoms with E-state index < -0.39 is 47.6 Å². The van der Waals surface area contributed by atoms with Crippen molar-refractivity contribution in [3.8, 4) is 17.6 Å². The van der Waals surface area contributed by atoms with Crippen molar-refractivity contribution in [2.24, 2.45) is 0 Å². The van der Waals surface area contributed by atoms with E-state index in [4.69, 9.17) is 4.74 Å². The van der Waals surface area contributed by atoms with E-state index in [0.29, 0.717) is 0 Å². The topological polar surface area (TPSA) is 105 Å². The third kappa shape index (κ3) is 5.16. The number of rotatable bonds is 7. The van der Waals surface area contributed by atoms with Gasteiger partial charge < -0.3 is 19.7 Å². The highest BCUT2D eigenvalue weighted by Crippen LogP contribution is 2.37. The first-order valence-electron chi connectivity index (χ1n) is 10.8. The SMILES string of the molecule is COc1cc(F)c([C@@H]2CN(c3cccnc3C#N)C(=O)[C@H]2NC(=O)c2ccc(OC(F)F)cc2)c(F)c1. The van der Waals surface area contributed by atoms with Crippen LogP contribution in [-0.2, 0) is 4.79 Å². The molecule has 1 aliphatic rings. The van der Waals surface area contributed by atoms with E-state index in [0.717, 1.165) is 29.2 Å². The van der Waals surface area contributed by atoms with E-state index in [9.17, 15) is 23.6 Å².